The number of carbonyl (C=O) groups excluding carboxylic acids is 1. The summed E-state index contributed by atoms with van der Waals surface area (Å²) >= 11 is 0. The Kier molecular flexibility index (Phi) is 5.24. The molecule has 0 aromatic heterocycles. The maximum atomic E-state index is 13.8. The second-order valence-electron chi connectivity index (χ2n) is 4.65. The maximum absolute atomic E-state index is 13.8. The molecule has 0 aliphatic heterocycles. The highest BCUT2D eigenvalue weighted by molar-refractivity contribution is 7.89. The molecule has 0 spiro atoms. The fraction of sp³-hybridized carbons (Fsp3) is 0.462. The first-order chi connectivity index (χ1) is 9.16. The van der Waals surface area contributed by atoms with Gasteiger partial charge < -0.3 is 4.74 Å². The van der Waals surface area contributed by atoms with Gasteiger partial charge in [-0.25, -0.2) is 22.7 Å². The molecule has 1 atom stereocenters. The van der Waals surface area contributed by atoms with Crippen molar-refractivity contribution in [1.82, 2.24) is 0 Å². The van der Waals surface area contributed by atoms with Gasteiger partial charge in [0.05, 0.1) is 16.6 Å². The Balaban J connectivity index is 3.16. The van der Waals surface area contributed by atoms with Crippen molar-refractivity contribution >= 4 is 16.0 Å². The second kappa shape index (κ2) is 6.32. The Labute approximate surface area is 118 Å². The standard InChI is InChI=1S/C13H18FNO4S/c1-4-5-9(3)19-13(16)10-7-12(20(15,17)18)8(2)6-11(10)14/h6-7,9H,4-5H2,1-3H3,(H2,15,17,18). The number of halogens is 1. The van der Waals surface area contributed by atoms with Gasteiger partial charge in [-0.15, -0.1) is 0 Å². The number of hydrogen-bond donors (Lipinski definition) is 1. The lowest BCUT2D eigenvalue weighted by Gasteiger charge is -2.13. The average molecular weight is 303 g/mol. The molecule has 0 heterocycles. The van der Waals surface area contributed by atoms with Crippen LogP contribution in [0.3, 0.4) is 0 Å². The van der Waals surface area contributed by atoms with Gasteiger partial charge in [0.15, 0.2) is 0 Å². The summed E-state index contributed by atoms with van der Waals surface area (Å²) in [6.45, 7) is 5.02. The molecule has 1 aromatic carbocycles. The van der Waals surface area contributed by atoms with Crippen LogP contribution in [-0.4, -0.2) is 20.5 Å². The first kappa shape index (κ1) is 16.6. The number of esters is 1. The van der Waals surface area contributed by atoms with E-state index >= 15 is 0 Å². The van der Waals surface area contributed by atoms with Crippen molar-refractivity contribution in [1.29, 1.82) is 0 Å². The van der Waals surface area contributed by atoms with Crippen molar-refractivity contribution in [3.05, 3.63) is 29.1 Å². The summed E-state index contributed by atoms with van der Waals surface area (Å²) in [6.07, 6.45) is 1.08. The minimum Gasteiger partial charge on any atom is -0.459 e. The molecule has 0 saturated carbocycles. The molecule has 20 heavy (non-hydrogen) atoms. The normalized spacial score (nSPS) is 13.1. The Morgan fingerprint density at radius 3 is 2.55 bits per heavy atom. The molecule has 7 heteroatoms. The Morgan fingerprint density at radius 1 is 1.45 bits per heavy atom. The van der Waals surface area contributed by atoms with E-state index in [1.807, 2.05) is 6.92 Å². The number of primary sulfonamides is 1. The van der Waals surface area contributed by atoms with Crippen molar-refractivity contribution in [2.45, 2.75) is 44.6 Å². The van der Waals surface area contributed by atoms with E-state index in [2.05, 4.69) is 0 Å². The van der Waals surface area contributed by atoms with Crippen LogP contribution in [0.1, 0.15) is 42.6 Å². The number of carbonyl (C=O) groups is 1. The van der Waals surface area contributed by atoms with Crippen LogP contribution in [0, 0.1) is 12.7 Å². The Morgan fingerprint density at radius 2 is 2.05 bits per heavy atom. The zero-order valence-corrected chi connectivity index (χ0v) is 12.5. The van der Waals surface area contributed by atoms with E-state index in [0.29, 0.717) is 6.42 Å². The number of rotatable bonds is 5. The molecule has 0 bridgehead atoms. The van der Waals surface area contributed by atoms with E-state index in [4.69, 9.17) is 9.88 Å². The van der Waals surface area contributed by atoms with Gasteiger partial charge in [-0.05, 0) is 38.0 Å². The molecule has 1 aromatic rings. The van der Waals surface area contributed by atoms with Crippen LogP contribution in [-0.2, 0) is 14.8 Å². The van der Waals surface area contributed by atoms with Gasteiger partial charge in [0, 0.05) is 0 Å². The van der Waals surface area contributed by atoms with Crippen LogP contribution in [0.25, 0.3) is 0 Å². The molecule has 0 radical (unpaired) electrons. The predicted octanol–water partition coefficient (Wildman–Crippen LogP) is 2.13. The van der Waals surface area contributed by atoms with Crippen LogP contribution in [0.5, 0.6) is 0 Å². The van der Waals surface area contributed by atoms with Crippen LogP contribution >= 0.6 is 0 Å². The molecule has 0 aliphatic carbocycles. The molecule has 1 unspecified atom stereocenters. The lowest BCUT2D eigenvalue weighted by atomic mass is 10.1. The number of nitrogens with two attached hydrogens (primary N) is 1. The monoisotopic (exact) mass is 303 g/mol. The summed E-state index contributed by atoms with van der Waals surface area (Å²) in [5.74, 6) is -1.73. The minimum atomic E-state index is -4.02. The quantitative estimate of drug-likeness (QED) is 0.844. The zero-order chi connectivity index (χ0) is 15.5. The highest BCUT2D eigenvalue weighted by Gasteiger charge is 2.21. The van der Waals surface area contributed by atoms with Gasteiger partial charge in [0.2, 0.25) is 10.0 Å². The molecule has 0 amide bonds. The van der Waals surface area contributed by atoms with Gasteiger partial charge in [0.1, 0.15) is 5.82 Å². The molecule has 0 fully saturated rings. The fourth-order valence-corrected chi connectivity index (χ4v) is 2.62. The number of hydrogen-bond acceptors (Lipinski definition) is 4. The van der Waals surface area contributed by atoms with Crippen molar-refractivity contribution in [3.63, 3.8) is 0 Å². The van der Waals surface area contributed by atoms with Gasteiger partial charge in [-0.3, -0.25) is 0 Å². The third kappa shape index (κ3) is 4.01. The largest absolute Gasteiger partial charge is 0.459 e. The topological polar surface area (TPSA) is 86.5 Å². The van der Waals surface area contributed by atoms with E-state index in [0.717, 1.165) is 18.6 Å². The molecular formula is C13H18FNO4S. The first-order valence-electron chi connectivity index (χ1n) is 6.20. The molecule has 0 aliphatic rings. The van der Waals surface area contributed by atoms with Crippen LogP contribution in [0.15, 0.2) is 17.0 Å². The molecule has 5 nitrogen and oxygen atoms in total. The van der Waals surface area contributed by atoms with E-state index < -0.39 is 27.4 Å². The van der Waals surface area contributed by atoms with Gasteiger partial charge in [0.25, 0.3) is 0 Å². The van der Waals surface area contributed by atoms with Gasteiger partial charge in [-0.1, -0.05) is 13.3 Å². The van der Waals surface area contributed by atoms with Crippen LogP contribution < -0.4 is 5.14 Å². The molecule has 1 rings (SSSR count). The summed E-state index contributed by atoms with van der Waals surface area (Å²) in [4.78, 5) is 11.6. The molecular weight excluding hydrogens is 285 g/mol. The number of sulfonamides is 1. The third-order valence-electron chi connectivity index (χ3n) is 2.79. The highest BCUT2D eigenvalue weighted by Crippen LogP contribution is 2.20. The Hall–Kier alpha value is -1.47. The summed E-state index contributed by atoms with van der Waals surface area (Å²) in [5, 5.41) is 5.02. The lowest BCUT2D eigenvalue weighted by molar-refractivity contribution is 0.0318. The Bertz CT molecular complexity index is 613. The SMILES string of the molecule is CCCC(C)OC(=O)c1cc(S(N)(=O)=O)c(C)cc1F. The summed E-state index contributed by atoms with van der Waals surface area (Å²) in [5.41, 5.74) is -0.286. The van der Waals surface area contributed by atoms with Crippen molar-refractivity contribution in [2.24, 2.45) is 5.14 Å². The van der Waals surface area contributed by atoms with Crippen molar-refractivity contribution < 1.29 is 22.3 Å². The minimum absolute atomic E-state index is 0.142. The average Bonchev–Trinajstić information content (AvgIpc) is 2.26. The smallest absolute Gasteiger partial charge is 0.341 e. The van der Waals surface area contributed by atoms with E-state index in [-0.39, 0.29) is 16.6 Å². The summed E-state index contributed by atoms with van der Waals surface area (Å²) in [6, 6.07) is 1.88. The maximum Gasteiger partial charge on any atom is 0.341 e. The molecule has 2 N–H and O–H groups in total. The van der Waals surface area contributed by atoms with Crippen molar-refractivity contribution in [3.8, 4) is 0 Å². The summed E-state index contributed by atoms with van der Waals surface area (Å²) in [7, 11) is -4.02. The van der Waals surface area contributed by atoms with E-state index in [9.17, 15) is 17.6 Å². The number of benzene rings is 1. The van der Waals surface area contributed by atoms with E-state index in [1.54, 1.807) is 6.92 Å². The third-order valence-corrected chi connectivity index (χ3v) is 3.85. The summed E-state index contributed by atoms with van der Waals surface area (Å²) < 4.78 is 41.6. The number of ether oxygens (including phenoxy) is 1. The van der Waals surface area contributed by atoms with E-state index in [1.165, 1.54) is 6.92 Å². The number of aryl methyl sites for hydroxylation is 1. The van der Waals surface area contributed by atoms with Crippen LogP contribution in [0.2, 0.25) is 0 Å². The fourth-order valence-electron chi connectivity index (χ4n) is 1.83. The van der Waals surface area contributed by atoms with Crippen LogP contribution in [0.4, 0.5) is 4.39 Å². The van der Waals surface area contributed by atoms with Crippen molar-refractivity contribution in [2.75, 3.05) is 0 Å². The molecule has 0 saturated heterocycles. The molecule has 112 valence electrons. The predicted molar refractivity (Wildman–Crippen MR) is 72.3 cm³/mol. The highest BCUT2D eigenvalue weighted by atomic mass is 32.2. The zero-order valence-electron chi connectivity index (χ0n) is 11.6. The second-order valence-corrected chi connectivity index (χ2v) is 6.18. The van der Waals surface area contributed by atoms with Gasteiger partial charge >= 0.3 is 5.97 Å². The lowest BCUT2D eigenvalue weighted by Crippen LogP contribution is -2.19. The van der Waals surface area contributed by atoms with Gasteiger partial charge in [-0.2, -0.15) is 0 Å². The first-order valence-corrected chi connectivity index (χ1v) is 7.75.